The maximum atomic E-state index is 12.5. The average molecular weight is 226 g/mol. The zero-order valence-electron chi connectivity index (χ0n) is 8.88. The van der Waals surface area contributed by atoms with Crippen LogP contribution in [0.4, 0.5) is 0 Å². The fourth-order valence-electron chi connectivity index (χ4n) is 1.45. The SMILES string of the molecule is CC(C)[P@](=O)(CC(=O)O)c1ccccc1. The first-order valence-corrected chi connectivity index (χ1v) is 6.79. The number of rotatable bonds is 4. The molecule has 0 radical (unpaired) electrons. The lowest BCUT2D eigenvalue weighted by Crippen LogP contribution is -2.19. The van der Waals surface area contributed by atoms with E-state index in [2.05, 4.69) is 0 Å². The summed E-state index contributed by atoms with van der Waals surface area (Å²) in [6.45, 7) is 3.60. The molecule has 0 heterocycles. The van der Waals surface area contributed by atoms with Crippen molar-refractivity contribution in [3.63, 3.8) is 0 Å². The summed E-state index contributed by atoms with van der Waals surface area (Å²) < 4.78 is 12.5. The van der Waals surface area contributed by atoms with Crippen LogP contribution < -0.4 is 5.30 Å². The molecule has 0 saturated heterocycles. The van der Waals surface area contributed by atoms with E-state index >= 15 is 0 Å². The molecule has 0 aromatic heterocycles. The summed E-state index contributed by atoms with van der Waals surface area (Å²) in [7, 11) is -2.80. The van der Waals surface area contributed by atoms with Gasteiger partial charge in [0.1, 0.15) is 13.3 Å². The normalized spacial score (nSPS) is 14.9. The Hall–Kier alpha value is -1.08. The molecule has 1 atom stereocenters. The van der Waals surface area contributed by atoms with Crippen molar-refractivity contribution in [2.75, 3.05) is 6.16 Å². The van der Waals surface area contributed by atoms with Crippen LogP contribution in [-0.2, 0) is 9.36 Å². The largest absolute Gasteiger partial charge is 0.481 e. The first-order valence-electron chi connectivity index (χ1n) is 4.83. The highest BCUT2D eigenvalue weighted by molar-refractivity contribution is 7.73. The molecule has 15 heavy (non-hydrogen) atoms. The molecule has 0 bridgehead atoms. The van der Waals surface area contributed by atoms with E-state index in [1.165, 1.54) is 0 Å². The Labute approximate surface area is 89.5 Å². The number of carbonyl (C=O) groups is 1. The van der Waals surface area contributed by atoms with Gasteiger partial charge in [-0.15, -0.1) is 0 Å². The number of hydrogen-bond acceptors (Lipinski definition) is 2. The molecule has 0 spiro atoms. The van der Waals surface area contributed by atoms with Crippen LogP contribution in [0.15, 0.2) is 30.3 Å². The van der Waals surface area contributed by atoms with E-state index in [1.54, 1.807) is 38.1 Å². The second-order valence-corrected chi connectivity index (χ2v) is 7.23. The molecular weight excluding hydrogens is 211 g/mol. The standard InChI is InChI=1S/C11H15O3P/c1-9(2)15(14,8-11(12)13)10-6-4-3-5-7-10/h3-7,9H,8H2,1-2H3,(H,12,13)/t15-/m1/s1. The van der Waals surface area contributed by atoms with Crippen LogP contribution in [0, 0.1) is 0 Å². The van der Waals surface area contributed by atoms with Crippen LogP contribution in [0.25, 0.3) is 0 Å². The highest BCUT2D eigenvalue weighted by atomic mass is 31.2. The maximum absolute atomic E-state index is 12.5. The minimum atomic E-state index is -2.80. The van der Waals surface area contributed by atoms with Crippen LogP contribution in [0.3, 0.4) is 0 Å². The summed E-state index contributed by atoms with van der Waals surface area (Å²) in [6.07, 6.45) is -0.269. The summed E-state index contributed by atoms with van der Waals surface area (Å²) in [4.78, 5) is 10.7. The minimum Gasteiger partial charge on any atom is -0.481 e. The summed E-state index contributed by atoms with van der Waals surface area (Å²) in [5.74, 6) is -1.00. The number of aliphatic carboxylic acids is 1. The van der Waals surface area contributed by atoms with Gasteiger partial charge < -0.3 is 9.67 Å². The molecule has 3 nitrogen and oxygen atoms in total. The van der Waals surface area contributed by atoms with E-state index in [9.17, 15) is 9.36 Å². The van der Waals surface area contributed by atoms with E-state index < -0.39 is 13.1 Å². The topological polar surface area (TPSA) is 54.4 Å². The van der Waals surface area contributed by atoms with E-state index in [0.717, 1.165) is 0 Å². The van der Waals surface area contributed by atoms with Gasteiger partial charge in [-0.25, -0.2) is 0 Å². The van der Waals surface area contributed by atoms with Crippen LogP contribution in [0.1, 0.15) is 13.8 Å². The minimum absolute atomic E-state index is 0.143. The lowest BCUT2D eigenvalue weighted by molar-refractivity contribution is -0.134. The van der Waals surface area contributed by atoms with Crippen molar-refractivity contribution in [1.29, 1.82) is 0 Å². The molecule has 0 aliphatic rings. The van der Waals surface area contributed by atoms with Gasteiger partial charge in [-0.1, -0.05) is 44.2 Å². The summed E-state index contributed by atoms with van der Waals surface area (Å²) in [5, 5.41) is 9.44. The fraction of sp³-hybridized carbons (Fsp3) is 0.364. The Morgan fingerprint density at radius 2 is 1.87 bits per heavy atom. The van der Waals surface area contributed by atoms with Crippen LogP contribution in [0.2, 0.25) is 0 Å². The molecule has 0 aliphatic carbocycles. The van der Waals surface area contributed by atoms with Crippen molar-refractivity contribution < 1.29 is 14.5 Å². The smallest absolute Gasteiger partial charge is 0.311 e. The van der Waals surface area contributed by atoms with Crippen molar-refractivity contribution >= 4 is 18.4 Å². The fourth-order valence-corrected chi connectivity index (χ4v) is 3.68. The lowest BCUT2D eigenvalue weighted by Gasteiger charge is -2.20. The Morgan fingerprint density at radius 1 is 1.33 bits per heavy atom. The summed E-state index contributed by atoms with van der Waals surface area (Å²) in [6, 6.07) is 8.88. The highest BCUT2D eigenvalue weighted by Gasteiger charge is 2.31. The van der Waals surface area contributed by atoms with Crippen molar-refractivity contribution in [3.8, 4) is 0 Å². The van der Waals surface area contributed by atoms with Crippen LogP contribution >= 0.6 is 7.14 Å². The summed E-state index contributed by atoms with van der Waals surface area (Å²) in [5.41, 5.74) is -0.143. The van der Waals surface area contributed by atoms with Gasteiger partial charge in [0.15, 0.2) is 0 Å². The quantitative estimate of drug-likeness (QED) is 0.800. The van der Waals surface area contributed by atoms with Crippen LogP contribution in [0.5, 0.6) is 0 Å². The molecular formula is C11H15O3P. The molecule has 1 rings (SSSR count). The van der Waals surface area contributed by atoms with Gasteiger partial charge in [0.05, 0.1) is 0 Å². The molecule has 4 heteroatoms. The van der Waals surface area contributed by atoms with Gasteiger partial charge in [0.2, 0.25) is 0 Å². The monoisotopic (exact) mass is 226 g/mol. The van der Waals surface area contributed by atoms with Gasteiger partial charge in [-0.2, -0.15) is 0 Å². The molecule has 1 aromatic rings. The number of benzene rings is 1. The molecule has 0 fully saturated rings. The zero-order valence-corrected chi connectivity index (χ0v) is 9.78. The third kappa shape index (κ3) is 2.69. The highest BCUT2D eigenvalue weighted by Crippen LogP contribution is 2.48. The average Bonchev–Trinajstić information content (AvgIpc) is 2.17. The van der Waals surface area contributed by atoms with Gasteiger partial charge in [0.25, 0.3) is 0 Å². The van der Waals surface area contributed by atoms with Gasteiger partial charge in [0, 0.05) is 11.0 Å². The molecule has 82 valence electrons. The molecule has 0 unspecified atom stereocenters. The van der Waals surface area contributed by atoms with Crippen molar-refractivity contribution in [1.82, 2.24) is 0 Å². The predicted molar refractivity (Wildman–Crippen MR) is 61.3 cm³/mol. The lowest BCUT2D eigenvalue weighted by atomic mass is 10.4. The Balaban J connectivity index is 3.13. The predicted octanol–water partition coefficient (Wildman–Crippen LogP) is 2.17. The number of carboxylic acids is 1. The van der Waals surface area contributed by atoms with E-state index in [4.69, 9.17) is 5.11 Å². The Bertz CT molecular complexity index is 384. The van der Waals surface area contributed by atoms with Crippen molar-refractivity contribution in [3.05, 3.63) is 30.3 Å². The van der Waals surface area contributed by atoms with Crippen LogP contribution in [-0.4, -0.2) is 22.9 Å². The second kappa shape index (κ2) is 4.63. The van der Waals surface area contributed by atoms with Gasteiger partial charge in [-0.05, 0) is 0 Å². The van der Waals surface area contributed by atoms with E-state index in [0.29, 0.717) is 5.30 Å². The molecule has 0 aliphatic heterocycles. The third-order valence-corrected chi connectivity index (χ3v) is 5.98. The number of carboxylic acid groups (broad SMARTS) is 1. The Kier molecular flexibility index (Phi) is 3.70. The first kappa shape index (κ1) is 12.0. The second-order valence-electron chi connectivity index (χ2n) is 3.78. The zero-order chi connectivity index (χ0) is 11.5. The Morgan fingerprint density at radius 3 is 2.27 bits per heavy atom. The molecule has 0 amide bonds. The van der Waals surface area contributed by atoms with Crippen molar-refractivity contribution in [2.45, 2.75) is 19.5 Å². The summed E-state index contributed by atoms with van der Waals surface area (Å²) >= 11 is 0. The van der Waals surface area contributed by atoms with E-state index in [-0.39, 0.29) is 11.8 Å². The maximum Gasteiger partial charge on any atom is 0.311 e. The van der Waals surface area contributed by atoms with Gasteiger partial charge >= 0.3 is 5.97 Å². The molecule has 0 saturated carbocycles. The van der Waals surface area contributed by atoms with E-state index in [1.807, 2.05) is 6.07 Å². The van der Waals surface area contributed by atoms with Gasteiger partial charge in [-0.3, -0.25) is 4.79 Å². The van der Waals surface area contributed by atoms with Crippen molar-refractivity contribution in [2.24, 2.45) is 0 Å². The first-order chi connectivity index (χ1) is 6.97. The molecule has 1 N–H and O–H groups in total. The number of hydrogen-bond donors (Lipinski definition) is 1. The molecule has 1 aromatic carbocycles. The third-order valence-electron chi connectivity index (χ3n) is 2.40.